The van der Waals surface area contributed by atoms with Gasteiger partial charge in [0, 0.05) is 38.6 Å². The molecule has 0 bridgehead atoms. The number of carbonyl (C=O) groups excluding carboxylic acids is 2. The van der Waals surface area contributed by atoms with E-state index in [4.69, 9.17) is 9.47 Å². The molecule has 10 heteroatoms. The van der Waals surface area contributed by atoms with Crippen LogP contribution in [0.25, 0.3) is 0 Å². The number of aromatic nitrogens is 2. The number of amides is 2. The third-order valence-corrected chi connectivity index (χ3v) is 5.04. The van der Waals surface area contributed by atoms with Crippen molar-refractivity contribution in [3.05, 3.63) is 42.2 Å². The summed E-state index contributed by atoms with van der Waals surface area (Å²) in [4.78, 5) is 37.3. The number of anilines is 1. The fraction of sp³-hybridized carbons (Fsp3) is 0.400. The number of rotatable bonds is 6. The first kappa shape index (κ1) is 19.9. The summed E-state index contributed by atoms with van der Waals surface area (Å²) in [5.41, 5.74) is 0.734. The average Bonchev–Trinajstić information content (AvgIpc) is 3.25. The van der Waals surface area contributed by atoms with Crippen LogP contribution in [0.2, 0.25) is 0 Å². The van der Waals surface area contributed by atoms with Crippen molar-refractivity contribution in [1.29, 1.82) is 0 Å². The number of aliphatic hydroxyl groups excluding tert-OH is 1. The van der Waals surface area contributed by atoms with Gasteiger partial charge in [0.2, 0.25) is 24.6 Å². The summed E-state index contributed by atoms with van der Waals surface area (Å²) in [6.45, 7) is 1.79. The number of hydrogen-bond donors (Lipinski definition) is 2. The Bertz CT molecular complexity index is 902. The van der Waals surface area contributed by atoms with Crippen LogP contribution < -0.4 is 19.7 Å². The Morgan fingerprint density at radius 3 is 2.57 bits per heavy atom. The van der Waals surface area contributed by atoms with Gasteiger partial charge >= 0.3 is 0 Å². The summed E-state index contributed by atoms with van der Waals surface area (Å²) in [6, 6.07) is 6.03. The molecule has 30 heavy (non-hydrogen) atoms. The highest BCUT2D eigenvalue weighted by atomic mass is 16.7. The summed E-state index contributed by atoms with van der Waals surface area (Å²) >= 11 is 0. The number of ether oxygens (including phenoxy) is 2. The number of fused-ring (bicyclic) bond motifs is 1. The fourth-order valence-electron chi connectivity index (χ4n) is 3.47. The minimum absolute atomic E-state index is 0.0690. The van der Waals surface area contributed by atoms with Crippen LogP contribution in [-0.4, -0.2) is 77.4 Å². The summed E-state index contributed by atoms with van der Waals surface area (Å²) in [6.07, 6.45) is 3.42. The molecule has 0 radical (unpaired) electrons. The van der Waals surface area contributed by atoms with Crippen LogP contribution in [0.5, 0.6) is 11.5 Å². The first-order chi connectivity index (χ1) is 14.6. The molecule has 4 rings (SSSR count). The Kier molecular flexibility index (Phi) is 5.94. The van der Waals surface area contributed by atoms with E-state index < -0.39 is 12.6 Å². The second kappa shape index (κ2) is 8.95. The van der Waals surface area contributed by atoms with E-state index in [1.165, 1.54) is 0 Å². The number of hydrogen-bond acceptors (Lipinski definition) is 8. The van der Waals surface area contributed by atoms with Crippen LogP contribution in [0.4, 0.5) is 5.95 Å². The molecule has 10 nitrogen and oxygen atoms in total. The van der Waals surface area contributed by atoms with Crippen LogP contribution >= 0.6 is 0 Å². The third kappa shape index (κ3) is 4.43. The van der Waals surface area contributed by atoms with Crippen molar-refractivity contribution in [3.8, 4) is 11.5 Å². The van der Waals surface area contributed by atoms with Gasteiger partial charge in [-0.15, -0.1) is 0 Å². The zero-order chi connectivity index (χ0) is 20.9. The van der Waals surface area contributed by atoms with E-state index in [0.717, 1.165) is 5.56 Å². The molecule has 1 aromatic carbocycles. The molecule has 2 aliphatic heterocycles. The third-order valence-electron chi connectivity index (χ3n) is 5.04. The van der Waals surface area contributed by atoms with Gasteiger partial charge in [0.15, 0.2) is 11.5 Å². The quantitative estimate of drug-likeness (QED) is 0.656. The van der Waals surface area contributed by atoms with Crippen LogP contribution in [0.3, 0.4) is 0 Å². The Hall–Kier alpha value is -3.40. The molecule has 0 unspecified atom stereocenters. The smallest absolute Gasteiger partial charge is 0.247 e. The van der Waals surface area contributed by atoms with Crippen molar-refractivity contribution in [2.24, 2.45) is 0 Å². The largest absolute Gasteiger partial charge is 0.454 e. The van der Waals surface area contributed by atoms with Gasteiger partial charge in [-0.05, 0) is 23.8 Å². The first-order valence-corrected chi connectivity index (χ1v) is 9.73. The van der Waals surface area contributed by atoms with Crippen molar-refractivity contribution in [2.45, 2.75) is 12.5 Å². The summed E-state index contributed by atoms with van der Waals surface area (Å²) in [5.74, 6) is 1.21. The number of carbonyl (C=O) groups is 2. The van der Waals surface area contributed by atoms with E-state index in [-0.39, 0.29) is 25.0 Å². The minimum Gasteiger partial charge on any atom is -0.454 e. The molecule has 2 amide bonds. The van der Waals surface area contributed by atoms with Gasteiger partial charge in [0.05, 0.1) is 13.0 Å². The van der Waals surface area contributed by atoms with Crippen molar-refractivity contribution < 1.29 is 24.2 Å². The van der Waals surface area contributed by atoms with E-state index in [9.17, 15) is 14.7 Å². The van der Waals surface area contributed by atoms with E-state index in [1.807, 2.05) is 4.90 Å². The first-order valence-electron chi connectivity index (χ1n) is 9.73. The number of nitrogens with zero attached hydrogens (tertiary/aromatic N) is 4. The van der Waals surface area contributed by atoms with Crippen LogP contribution in [0.15, 0.2) is 36.7 Å². The van der Waals surface area contributed by atoms with Gasteiger partial charge in [-0.25, -0.2) is 9.97 Å². The molecule has 1 fully saturated rings. The second-order valence-electron chi connectivity index (χ2n) is 7.03. The van der Waals surface area contributed by atoms with E-state index in [0.29, 0.717) is 43.6 Å². The van der Waals surface area contributed by atoms with Crippen LogP contribution in [-0.2, 0) is 16.0 Å². The standard InChI is InChI=1S/C20H23N5O5/c26-12-15(23-18(27)11-14-2-3-16-17(10-14)30-13-29-16)19(28)24-6-8-25(9-7-24)20-21-4-1-5-22-20/h1-5,10,15,26H,6-9,11-13H2,(H,23,27)/t15-/m0/s1. The molecule has 158 valence electrons. The van der Waals surface area contributed by atoms with Gasteiger partial charge in [0.1, 0.15) is 6.04 Å². The normalized spacial score (nSPS) is 16.3. The van der Waals surface area contributed by atoms with E-state index in [1.54, 1.807) is 41.6 Å². The molecular weight excluding hydrogens is 390 g/mol. The Labute approximate surface area is 173 Å². The maximum absolute atomic E-state index is 12.8. The van der Waals surface area contributed by atoms with Gasteiger partial charge in [-0.2, -0.15) is 0 Å². The van der Waals surface area contributed by atoms with E-state index in [2.05, 4.69) is 15.3 Å². The van der Waals surface area contributed by atoms with Gasteiger partial charge in [0.25, 0.3) is 0 Å². The molecule has 0 aliphatic carbocycles. The SMILES string of the molecule is O=C(Cc1ccc2c(c1)OCO2)N[C@@H](CO)C(=O)N1CCN(c2ncccn2)CC1. The van der Waals surface area contributed by atoms with Gasteiger partial charge < -0.3 is 29.7 Å². The number of piperazine rings is 1. The molecule has 0 saturated carbocycles. The average molecular weight is 413 g/mol. The lowest BCUT2D eigenvalue weighted by Gasteiger charge is -2.36. The highest BCUT2D eigenvalue weighted by molar-refractivity contribution is 5.88. The lowest BCUT2D eigenvalue weighted by Crippen LogP contribution is -2.56. The summed E-state index contributed by atoms with van der Waals surface area (Å²) in [7, 11) is 0. The topological polar surface area (TPSA) is 117 Å². The highest BCUT2D eigenvalue weighted by Gasteiger charge is 2.29. The number of aliphatic hydroxyl groups is 1. The monoisotopic (exact) mass is 413 g/mol. The molecule has 0 spiro atoms. The Balaban J connectivity index is 1.30. The lowest BCUT2D eigenvalue weighted by molar-refractivity contribution is -0.137. The highest BCUT2D eigenvalue weighted by Crippen LogP contribution is 2.32. The zero-order valence-corrected chi connectivity index (χ0v) is 16.4. The van der Waals surface area contributed by atoms with Crippen LogP contribution in [0.1, 0.15) is 5.56 Å². The Morgan fingerprint density at radius 1 is 1.10 bits per heavy atom. The number of benzene rings is 1. The zero-order valence-electron chi connectivity index (χ0n) is 16.4. The molecular formula is C20H23N5O5. The molecule has 2 N–H and O–H groups in total. The number of nitrogens with one attached hydrogen (secondary N) is 1. The lowest BCUT2D eigenvalue weighted by atomic mass is 10.1. The van der Waals surface area contributed by atoms with E-state index >= 15 is 0 Å². The molecule has 1 atom stereocenters. The molecule has 1 aromatic heterocycles. The van der Waals surface area contributed by atoms with Crippen LogP contribution in [0, 0.1) is 0 Å². The van der Waals surface area contributed by atoms with Crippen molar-refractivity contribution in [1.82, 2.24) is 20.2 Å². The molecule has 1 saturated heterocycles. The van der Waals surface area contributed by atoms with Crippen molar-refractivity contribution in [3.63, 3.8) is 0 Å². The van der Waals surface area contributed by atoms with Gasteiger partial charge in [-0.1, -0.05) is 6.07 Å². The fourth-order valence-corrected chi connectivity index (χ4v) is 3.47. The maximum Gasteiger partial charge on any atom is 0.247 e. The van der Waals surface area contributed by atoms with Crippen molar-refractivity contribution in [2.75, 3.05) is 44.5 Å². The predicted molar refractivity (Wildman–Crippen MR) is 106 cm³/mol. The summed E-state index contributed by atoms with van der Waals surface area (Å²) in [5, 5.41) is 12.3. The molecule has 2 aliphatic rings. The van der Waals surface area contributed by atoms with Crippen molar-refractivity contribution >= 4 is 17.8 Å². The molecule has 3 heterocycles. The Morgan fingerprint density at radius 2 is 1.83 bits per heavy atom. The summed E-state index contributed by atoms with van der Waals surface area (Å²) < 4.78 is 10.6. The predicted octanol–water partition coefficient (Wildman–Crippen LogP) is -0.426. The maximum atomic E-state index is 12.8. The minimum atomic E-state index is -0.981. The molecule has 2 aromatic rings. The second-order valence-corrected chi connectivity index (χ2v) is 7.03. The van der Waals surface area contributed by atoms with Gasteiger partial charge in [-0.3, -0.25) is 9.59 Å².